The van der Waals surface area contributed by atoms with Gasteiger partial charge in [0.15, 0.2) is 0 Å². The molecule has 134 valence electrons. The van der Waals surface area contributed by atoms with Crippen LogP contribution in [0.3, 0.4) is 0 Å². The van der Waals surface area contributed by atoms with Crippen molar-refractivity contribution in [2.45, 2.75) is 32.0 Å². The third-order valence-corrected chi connectivity index (χ3v) is 6.23. The Labute approximate surface area is 160 Å². The van der Waals surface area contributed by atoms with E-state index in [4.69, 9.17) is 0 Å². The van der Waals surface area contributed by atoms with Crippen molar-refractivity contribution in [1.29, 1.82) is 0 Å². The second-order valence-electron chi connectivity index (χ2n) is 6.48. The molecule has 2 aromatic rings. The average Bonchev–Trinajstić information content (AvgIpc) is 3.28. The molecule has 0 N–H and O–H groups in total. The lowest BCUT2D eigenvalue weighted by Gasteiger charge is -2.22. The number of thioether (sulfide) groups is 1. The van der Waals surface area contributed by atoms with Gasteiger partial charge in [-0.2, -0.15) is 0 Å². The molecule has 1 aromatic carbocycles. The van der Waals surface area contributed by atoms with Crippen molar-refractivity contribution in [2.24, 2.45) is 0 Å². The van der Waals surface area contributed by atoms with Gasteiger partial charge >= 0.3 is 0 Å². The van der Waals surface area contributed by atoms with Crippen molar-refractivity contribution in [2.75, 3.05) is 5.75 Å². The van der Waals surface area contributed by atoms with Crippen LogP contribution in [0.2, 0.25) is 0 Å². The first kappa shape index (κ1) is 17.3. The van der Waals surface area contributed by atoms with Crippen molar-refractivity contribution < 1.29 is 14.4 Å². The molecule has 0 unspecified atom stereocenters. The number of hydrogen-bond donors (Lipinski definition) is 0. The van der Waals surface area contributed by atoms with Gasteiger partial charge in [-0.05, 0) is 42.0 Å². The van der Waals surface area contributed by atoms with Crippen LogP contribution in [0.25, 0.3) is 0 Å². The van der Waals surface area contributed by atoms with Gasteiger partial charge in [-0.15, -0.1) is 11.3 Å². The fourth-order valence-electron chi connectivity index (χ4n) is 3.01. The summed E-state index contributed by atoms with van der Waals surface area (Å²) < 4.78 is 0. The second-order valence-corrected chi connectivity index (χ2v) is 8.44. The van der Waals surface area contributed by atoms with Gasteiger partial charge in [0.2, 0.25) is 5.91 Å². The molecule has 2 heterocycles. The summed E-state index contributed by atoms with van der Waals surface area (Å²) >= 11 is 2.68. The maximum absolute atomic E-state index is 13.0. The average molecular weight is 386 g/mol. The Hall–Kier alpha value is -2.12. The summed E-state index contributed by atoms with van der Waals surface area (Å²) in [6.45, 7) is 0.852. The van der Waals surface area contributed by atoms with Crippen LogP contribution in [0, 0.1) is 0 Å². The Kier molecular flexibility index (Phi) is 4.82. The highest BCUT2D eigenvalue weighted by atomic mass is 32.2. The Balaban J connectivity index is 1.52. The number of thiophene rings is 1. The minimum Gasteiger partial charge on any atom is -0.331 e. The molecule has 0 radical (unpaired) electrons. The molecule has 1 saturated carbocycles. The molecule has 0 atom stereocenters. The third-order valence-electron chi connectivity index (χ3n) is 4.51. The molecule has 2 fully saturated rings. The zero-order valence-corrected chi connectivity index (χ0v) is 15.7. The van der Waals surface area contributed by atoms with Crippen LogP contribution in [0.15, 0.2) is 41.8 Å². The lowest BCUT2D eigenvalue weighted by atomic mass is 10.1. The lowest BCUT2D eigenvalue weighted by molar-refractivity contribution is -0.125. The van der Waals surface area contributed by atoms with Crippen molar-refractivity contribution >= 4 is 40.2 Å². The molecule has 4 rings (SSSR count). The molecule has 2 aliphatic rings. The highest BCUT2D eigenvalue weighted by Crippen LogP contribution is 2.31. The first-order valence-corrected chi connectivity index (χ1v) is 10.4. The van der Waals surface area contributed by atoms with E-state index in [9.17, 15) is 14.4 Å². The van der Waals surface area contributed by atoms with Crippen molar-refractivity contribution in [1.82, 2.24) is 9.80 Å². The van der Waals surface area contributed by atoms with Gasteiger partial charge in [-0.3, -0.25) is 19.3 Å². The van der Waals surface area contributed by atoms with E-state index in [1.165, 1.54) is 9.78 Å². The molecule has 1 aromatic heterocycles. The van der Waals surface area contributed by atoms with Gasteiger partial charge < -0.3 is 4.90 Å². The molecule has 26 heavy (non-hydrogen) atoms. The molecule has 5 nitrogen and oxygen atoms in total. The fourth-order valence-corrected chi connectivity index (χ4v) is 4.44. The number of benzene rings is 1. The Morgan fingerprint density at radius 2 is 2.04 bits per heavy atom. The number of amides is 3. The zero-order chi connectivity index (χ0) is 18.1. The molecular formula is C19H18N2O3S2. The lowest BCUT2D eigenvalue weighted by Crippen LogP contribution is -2.32. The second kappa shape index (κ2) is 7.25. The summed E-state index contributed by atoms with van der Waals surface area (Å²) in [5.74, 6) is 0.0403. The number of carbonyl (C=O) groups excluding carboxylic acids is 3. The minimum absolute atomic E-state index is 0.0104. The SMILES string of the molecule is O=C1CSC(=O)N1Cc1cccc(C(=O)N(Cc2cccs2)C2CC2)c1. The van der Waals surface area contributed by atoms with Crippen LogP contribution >= 0.6 is 23.1 Å². The predicted molar refractivity (Wildman–Crippen MR) is 102 cm³/mol. The van der Waals surface area contributed by atoms with Crippen LogP contribution < -0.4 is 0 Å². The Morgan fingerprint density at radius 3 is 2.69 bits per heavy atom. The first-order chi connectivity index (χ1) is 12.6. The monoisotopic (exact) mass is 386 g/mol. The summed E-state index contributed by atoms with van der Waals surface area (Å²) in [5, 5.41) is 1.80. The van der Waals surface area contributed by atoms with Gasteiger partial charge in [-0.1, -0.05) is 30.0 Å². The van der Waals surface area contributed by atoms with E-state index >= 15 is 0 Å². The Morgan fingerprint density at radius 1 is 1.19 bits per heavy atom. The van der Waals surface area contributed by atoms with Gasteiger partial charge in [0, 0.05) is 16.5 Å². The molecule has 1 aliphatic carbocycles. The summed E-state index contributed by atoms with van der Waals surface area (Å²) in [7, 11) is 0. The standard InChI is InChI=1S/C19H18N2O3S2/c22-17-12-26-19(24)21(17)10-13-3-1-4-14(9-13)18(23)20(15-6-7-15)11-16-5-2-8-25-16/h1-5,8-9,15H,6-7,10-12H2. The maximum atomic E-state index is 13.0. The summed E-state index contributed by atoms with van der Waals surface area (Å²) in [4.78, 5) is 41.0. The van der Waals surface area contributed by atoms with Crippen LogP contribution in [-0.2, 0) is 17.9 Å². The van der Waals surface area contributed by atoms with E-state index < -0.39 is 0 Å². The predicted octanol–water partition coefficient (Wildman–Crippen LogP) is 3.75. The molecule has 7 heteroatoms. The van der Waals surface area contributed by atoms with Crippen LogP contribution in [-0.4, -0.2) is 38.6 Å². The van der Waals surface area contributed by atoms with Crippen molar-refractivity contribution in [3.05, 3.63) is 57.8 Å². The largest absolute Gasteiger partial charge is 0.331 e. The van der Waals surface area contributed by atoms with Gasteiger partial charge in [0.1, 0.15) is 0 Å². The third kappa shape index (κ3) is 3.68. The van der Waals surface area contributed by atoms with E-state index in [-0.39, 0.29) is 29.4 Å². The van der Waals surface area contributed by atoms with Crippen LogP contribution in [0.1, 0.15) is 33.6 Å². The Bertz CT molecular complexity index is 830. The van der Waals surface area contributed by atoms with Crippen molar-refractivity contribution in [3.8, 4) is 0 Å². The number of hydrogen-bond acceptors (Lipinski definition) is 5. The minimum atomic E-state index is -0.218. The summed E-state index contributed by atoms with van der Waals surface area (Å²) in [6.07, 6.45) is 2.09. The molecule has 0 bridgehead atoms. The van der Waals surface area contributed by atoms with Crippen molar-refractivity contribution in [3.63, 3.8) is 0 Å². The smallest absolute Gasteiger partial charge is 0.289 e. The topological polar surface area (TPSA) is 57.7 Å². The summed E-state index contributed by atoms with van der Waals surface area (Å²) in [6, 6.07) is 11.6. The van der Waals surface area contributed by atoms with Crippen LogP contribution in [0.4, 0.5) is 4.79 Å². The highest BCUT2D eigenvalue weighted by Gasteiger charge is 2.34. The normalized spacial score (nSPS) is 17.0. The molecule has 1 aliphatic heterocycles. The molecular weight excluding hydrogens is 368 g/mol. The number of rotatable bonds is 6. The van der Waals surface area contributed by atoms with Gasteiger partial charge in [-0.25, -0.2) is 0 Å². The zero-order valence-electron chi connectivity index (χ0n) is 14.1. The summed E-state index contributed by atoms with van der Waals surface area (Å²) in [5.41, 5.74) is 1.41. The van der Waals surface area contributed by atoms with Crippen LogP contribution in [0.5, 0.6) is 0 Å². The van der Waals surface area contributed by atoms with Gasteiger partial charge in [0.25, 0.3) is 11.1 Å². The molecule has 1 saturated heterocycles. The molecule has 0 spiro atoms. The van der Waals surface area contributed by atoms with Gasteiger partial charge in [0.05, 0.1) is 18.8 Å². The van der Waals surface area contributed by atoms with E-state index in [0.717, 1.165) is 30.2 Å². The quantitative estimate of drug-likeness (QED) is 0.759. The van der Waals surface area contributed by atoms with E-state index in [1.54, 1.807) is 23.5 Å². The van der Waals surface area contributed by atoms with E-state index in [1.807, 2.05) is 34.5 Å². The number of carbonyl (C=O) groups is 3. The van der Waals surface area contributed by atoms with E-state index in [2.05, 4.69) is 0 Å². The molecule has 3 amide bonds. The number of imide groups is 1. The first-order valence-electron chi connectivity index (χ1n) is 8.51. The highest BCUT2D eigenvalue weighted by molar-refractivity contribution is 8.14. The number of nitrogens with zero attached hydrogens (tertiary/aromatic N) is 2. The fraction of sp³-hybridized carbons (Fsp3) is 0.316. The van der Waals surface area contributed by atoms with E-state index in [0.29, 0.717) is 18.2 Å². The maximum Gasteiger partial charge on any atom is 0.289 e.